The monoisotopic (exact) mass is 251 g/mol. The normalized spacial score (nSPS) is 4.40. The topological polar surface area (TPSA) is 0 Å². The Kier molecular flexibility index (Phi) is 49.3. The van der Waals surface area contributed by atoms with E-state index in [0.29, 0.717) is 0 Å². The van der Waals surface area contributed by atoms with E-state index in [1.54, 1.807) is 0 Å². The first-order valence-corrected chi connectivity index (χ1v) is 2.82. The molecule has 0 unspecified atom stereocenters. The third-order valence-corrected chi connectivity index (χ3v) is 0. The predicted octanol–water partition coefficient (Wildman–Crippen LogP) is -4.62. The van der Waals surface area contributed by atoms with Gasteiger partial charge in [-0.1, -0.05) is 0 Å². The minimum Gasteiger partial charge on any atom is 1.00 e. The van der Waals surface area contributed by atoms with E-state index in [1.165, 1.54) is 0 Å². The summed E-state index contributed by atoms with van der Waals surface area (Å²) in [5.41, 5.74) is 0. The van der Waals surface area contributed by atoms with Gasteiger partial charge in [0, 0.05) is 0 Å². The Morgan fingerprint density at radius 1 is 1.20 bits per heavy atom. The van der Waals surface area contributed by atoms with Gasteiger partial charge in [-0.05, 0) is 0 Å². The Morgan fingerprint density at radius 2 is 1.20 bits per heavy atom. The van der Waals surface area contributed by atoms with Crippen LogP contribution in [0.1, 0.15) is 0 Å². The van der Waals surface area contributed by atoms with Gasteiger partial charge >= 0.3 is 84.7 Å². The van der Waals surface area contributed by atoms with E-state index in [2.05, 4.69) is 20.2 Å². The molecule has 0 aromatic rings. The van der Waals surface area contributed by atoms with Gasteiger partial charge < -0.3 is 17.0 Å². The van der Waals surface area contributed by atoms with Crippen LogP contribution in [0.5, 0.6) is 0 Å². The van der Waals surface area contributed by atoms with Gasteiger partial charge in [-0.3, -0.25) is 0 Å². The molecule has 0 fully saturated rings. The first kappa shape index (κ1) is 15.7. The number of hydrogen-bond donors (Lipinski definition) is 0. The number of rotatable bonds is 0. The molecule has 0 heterocycles. The molecular weight excluding hydrogens is 253 g/mol. The zero-order chi connectivity index (χ0) is 2.71. The maximum Gasteiger partial charge on any atom is 1.00 e. The van der Waals surface area contributed by atoms with Crippen molar-refractivity contribution in [2.45, 2.75) is 0 Å². The van der Waals surface area contributed by atoms with Crippen molar-refractivity contribution in [1.82, 2.24) is 0 Å². The van der Waals surface area contributed by atoms with E-state index in [1.807, 2.05) is 0 Å². The molecule has 0 aliphatic carbocycles. The summed E-state index contributed by atoms with van der Waals surface area (Å²) in [5, 5.41) is 0. The maximum atomic E-state index is 4.67. The molecule has 5 heavy (non-hydrogen) atoms. The molecule has 0 N–H and O–H groups in total. The van der Waals surface area contributed by atoms with Crippen molar-refractivity contribution in [2.75, 3.05) is 0 Å². The summed E-state index contributed by atoms with van der Waals surface area (Å²) >= 11 is 0.757. The van der Waals surface area contributed by atoms with Crippen molar-refractivity contribution in [2.24, 2.45) is 0 Å². The Balaban J connectivity index is -0.0000000200. The molecule has 0 bridgehead atoms. The van der Waals surface area contributed by atoms with Gasteiger partial charge in [0.2, 0.25) is 0 Å². The van der Waals surface area contributed by atoms with Gasteiger partial charge in [0.25, 0.3) is 0 Å². The van der Waals surface area contributed by atoms with Gasteiger partial charge in [-0.15, -0.1) is 0 Å². The summed E-state index contributed by atoms with van der Waals surface area (Å²) in [6, 6.07) is 0. The van der Waals surface area contributed by atoms with Gasteiger partial charge in [-0.2, -0.15) is 0 Å². The van der Waals surface area contributed by atoms with Gasteiger partial charge in [-0.25, -0.2) is 0 Å². The van der Waals surface area contributed by atoms with E-state index < -0.39 is 0 Å². The fourth-order valence-corrected chi connectivity index (χ4v) is 0. The standard InChI is InChI=1S/BrH.2ClH.Cu.K/h3*1H;;/q;;;+2;+1/p-3. The summed E-state index contributed by atoms with van der Waals surface area (Å²) in [7, 11) is 9.34. The average molecular weight is 253 g/mol. The molecule has 5 heteroatoms. The average Bonchev–Trinajstić information content (AvgIpc) is 0.918. The van der Waals surface area contributed by atoms with Crippen LogP contribution in [0.3, 0.4) is 0 Å². The van der Waals surface area contributed by atoms with Gasteiger partial charge in [0.15, 0.2) is 0 Å². The third-order valence-electron chi connectivity index (χ3n) is 0. The van der Waals surface area contributed by atoms with Crippen LogP contribution in [0.15, 0.2) is 0 Å². The van der Waals surface area contributed by atoms with Crippen LogP contribution in [-0.4, -0.2) is 0 Å². The maximum absolute atomic E-state index is 4.67. The van der Waals surface area contributed by atoms with Crippen LogP contribution in [0.4, 0.5) is 0 Å². The SMILES string of the molecule is [Br-].[Cl][Cu][Cl].[K+]. The van der Waals surface area contributed by atoms with E-state index >= 15 is 0 Å². The summed E-state index contributed by atoms with van der Waals surface area (Å²) in [6.45, 7) is 0. The Labute approximate surface area is 99.2 Å². The Bertz CT molecular complexity index is 9.61. The summed E-state index contributed by atoms with van der Waals surface area (Å²) in [4.78, 5) is 0. The quantitative estimate of drug-likeness (QED) is 0.381. The fourth-order valence-electron chi connectivity index (χ4n) is 0. The third kappa shape index (κ3) is 19.0. The van der Waals surface area contributed by atoms with E-state index in [0.717, 1.165) is 13.1 Å². The van der Waals surface area contributed by atoms with Crippen molar-refractivity contribution in [3.8, 4) is 0 Å². The van der Waals surface area contributed by atoms with Crippen molar-refractivity contribution < 1.29 is 81.5 Å². The Morgan fingerprint density at radius 3 is 1.20 bits per heavy atom. The first-order valence-electron chi connectivity index (χ1n) is 0.228. The molecule has 33 valence electrons. The summed E-state index contributed by atoms with van der Waals surface area (Å²) < 4.78 is 0. The molecule has 0 aliphatic rings. The van der Waals surface area contributed by atoms with Gasteiger partial charge in [0.1, 0.15) is 0 Å². The van der Waals surface area contributed by atoms with Crippen molar-refractivity contribution in [3.63, 3.8) is 0 Å². The van der Waals surface area contributed by atoms with Gasteiger partial charge in [0.05, 0.1) is 0 Å². The van der Waals surface area contributed by atoms with Crippen LogP contribution in [0.2, 0.25) is 0 Å². The van der Waals surface area contributed by atoms with E-state index in [9.17, 15) is 0 Å². The van der Waals surface area contributed by atoms with Crippen LogP contribution >= 0.6 is 20.2 Å². The molecule has 0 spiro atoms. The molecule has 0 amide bonds. The van der Waals surface area contributed by atoms with Crippen molar-refractivity contribution in [3.05, 3.63) is 0 Å². The second-order valence-corrected chi connectivity index (χ2v) is 1.60. The molecule has 0 radical (unpaired) electrons. The molecule has 0 nitrogen and oxygen atoms in total. The summed E-state index contributed by atoms with van der Waals surface area (Å²) in [6.07, 6.45) is 0. The molecule has 0 aromatic carbocycles. The van der Waals surface area contributed by atoms with E-state index in [-0.39, 0.29) is 68.4 Å². The Hall–Kier alpha value is 3.22. The number of halogens is 3. The van der Waals surface area contributed by atoms with Crippen LogP contribution in [0.25, 0.3) is 0 Å². The molecule has 0 rings (SSSR count). The summed E-state index contributed by atoms with van der Waals surface area (Å²) in [5.74, 6) is 0. The van der Waals surface area contributed by atoms with Crippen molar-refractivity contribution >= 4 is 20.2 Å². The van der Waals surface area contributed by atoms with Crippen molar-refractivity contribution in [1.29, 1.82) is 0 Å². The zero-order valence-electron chi connectivity index (χ0n) is 2.44. The van der Waals surface area contributed by atoms with Crippen LogP contribution < -0.4 is 68.4 Å². The molecule has 0 aromatic heterocycles. The largest absolute Gasteiger partial charge is 1.00 e. The molecule has 0 aliphatic heterocycles. The molecule has 0 saturated carbocycles. The smallest absolute Gasteiger partial charge is 1.00 e. The minimum absolute atomic E-state index is 0. The van der Waals surface area contributed by atoms with Crippen LogP contribution in [0, 0.1) is 0 Å². The van der Waals surface area contributed by atoms with Crippen LogP contribution in [-0.2, 0) is 13.1 Å². The minimum atomic E-state index is 0. The fraction of sp³-hybridized carbons (Fsp3) is 0. The second-order valence-electron chi connectivity index (χ2n) is 0.0431. The predicted molar refractivity (Wildman–Crippen MR) is 11.7 cm³/mol. The number of hydrogen-bond acceptors (Lipinski definition) is 0. The molecule has 0 saturated heterocycles. The van der Waals surface area contributed by atoms with E-state index in [4.69, 9.17) is 0 Å². The molecular formula is BrCl2CuK. The first-order chi connectivity index (χ1) is 1.41. The zero-order valence-corrected chi connectivity index (χ0v) is 9.60. The molecule has 0 atom stereocenters. The second kappa shape index (κ2) is 15.7.